The van der Waals surface area contributed by atoms with Gasteiger partial charge in [-0.2, -0.15) is 10.2 Å². The molecule has 3 rings (SSSR count). The van der Waals surface area contributed by atoms with Crippen LogP contribution in [0.25, 0.3) is 6.08 Å². The van der Waals surface area contributed by atoms with Crippen molar-refractivity contribution in [2.45, 2.75) is 51.6 Å². The lowest BCUT2D eigenvalue weighted by molar-refractivity contribution is -0.117. The number of fused-ring (bicyclic) bond motifs is 1. The highest BCUT2D eigenvalue weighted by atomic mass is 16.1. The summed E-state index contributed by atoms with van der Waals surface area (Å²) in [7, 11) is 1.86. The Hall–Kier alpha value is -2.37. The lowest BCUT2D eigenvalue weighted by Crippen LogP contribution is -2.31. The third-order valence-corrected chi connectivity index (χ3v) is 4.29. The van der Waals surface area contributed by atoms with E-state index in [4.69, 9.17) is 0 Å². The van der Waals surface area contributed by atoms with Gasteiger partial charge in [0.05, 0.1) is 24.0 Å². The Labute approximate surface area is 142 Å². The van der Waals surface area contributed by atoms with Crippen LogP contribution in [0.5, 0.6) is 0 Å². The highest BCUT2D eigenvalue weighted by molar-refractivity contribution is 5.91. The molecule has 1 N–H and O–H groups in total. The predicted octanol–water partition coefficient (Wildman–Crippen LogP) is 2.58. The molecule has 0 bridgehead atoms. The zero-order valence-corrected chi connectivity index (χ0v) is 14.8. The number of aryl methyl sites for hydroxylation is 1. The van der Waals surface area contributed by atoms with Gasteiger partial charge >= 0.3 is 0 Å². The smallest absolute Gasteiger partial charge is 0.244 e. The summed E-state index contributed by atoms with van der Waals surface area (Å²) < 4.78 is 3.80. The number of carbonyl (C=O) groups is 1. The second-order valence-electron chi connectivity index (χ2n) is 7.36. The van der Waals surface area contributed by atoms with Crippen molar-refractivity contribution >= 4 is 12.0 Å². The van der Waals surface area contributed by atoms with Crippen LogP contribution in [0.15, 0.2) is 24.7 Å². The fourth-order valence-corrected chi connectivity index (χ4v) is 3.20. The molecular weight excluding hydrogens is 302 g/mol. The number of nitrogens with zero attached hydrogens (tertiary/aromatic N) is 4. The van der Waals surface area contributed by atoms with Crippen molar-refractivity contribution in [2.75, 3.05) is 0 Å². The number of nitrogens with one attached hydrogen (secondary N) is 1. The molecule has 0 radical (unpaired) electrons. The number of aromatic nitrogens is 4. The van der Waals surface area contributed by atoms with Crippen molar-refractivity contribution in [3.8, 4) is 0 Å². The summed E-state index contributed by atoms with van der Waals surface area (Å²) in [6.45, 7) is 6.46. The average molecular weight is 327 g/mol. The van der Waals surface area contributed by atoms with Crippen LogP contribution in [-0.2, 0) is 23.8 Å². The molecule has 0 fully saturated rings. The summed E-state index contributed by atoms with van der Waals surface area (Å²) in [5.74, 6) is -0.0831. The van der Waals surface area contributed by atoms with Gasteiger partial charge in [-0.15, -0.1) is 0 Å². The van der Waals surface area contributed by atoms with Crippen molar-refractivity contribution in [3.05, 3.63) is 41.5 Å². The van der Waals surface area contributed by atoms with Crippen molar-refractivity contribution < 1.29 is 4.79 Å². The molecule has 1 amide bonds. The fraction of sp³-hybridized carbons (Fsp3) is 0.500. The molecule has 1 atom stereocenters. The molecule has 24 heavy (non-hydrogen) atoms. The average Bonchev–Trinajstić information content (AvgIpc) is 3.11. The van der Waals surface area contributed by atoms with Gasteiger partial charge in [0, 0.05) is 36.1 Å². The Balaban J connectivity index is 1.72. The second-order valence-corrected chi connectivity index (χ2v) is 7.36. The lowest BCUT2D eigenvalue weighted by atomic mass is 9.92. The number of hydrogen-bond acceptors (Lipinski definition) is 3. The molecule has 0 aliphatic heterocycles. The zero-order chi connectivity index (χ0) is 17.3. The maximum atomic E-state index is 12.3. The van der Waals surface area contributed by atoms with E-state index in [1.165, 1.54) is 5.69 Å². The molecule has 2 heterocycles. The first kappa shape index (κ1) is 16.5. The van der Waals surface area contributed by atoms with Crippen LogP contribution in [0, 0.1) is 0 Å². The van der Waals surface area contributed by atoms with Crippen LogP contribution in [0.1, 0.15) is 56.5 Å². The maximum Gasteiger partial charge on any atom is 0.244 e. The SMILES string of the molecule is Cn1cc(/C=C/C(=O)NC2CCCc3c2cnn3C(C)(C)C)cn1. The number of carbonyl (C=O) groups excluding carboxylic acids is 1. The van der Waals surface area contributed by atoms with Crippen LogP contribution in [0.4, 0.5) is 0 Å². The van der Waals surface area contributed by atoms with Gasteiger partial charge in [-0.3, -0.25) is 14.2 Å². The van der Waals surface area contributed by atoms with E-state index >= 15 is 0 Å². The van der Waals surface area contributed by atoms with Gasteiger partial charge in [-0.05, 0) is 46.1 Å². The molecule has 0 saturated heterocycles. The van der Waals surface area contributed by atoms with Gasteiger partial charge in [0.25, 0.3) is 0 Å². The van der Waals surface area contributed by atoms with Gasteiger partial charge < -0.3 is 5.32 Å². The van der Waals surface area contributed by atoms with Gasteiger partial charge in [0.2, 0.25) is 5.91 Å². The van der Waals surface area contributed by atoms with Crippen molar-refractivity contribution in [1.82, 2.24) is 24.9 Å². The van der Waals surface area contributed by atoms with Gasteiger partial charge in [-0.25, -0.2) is 0 Å². The molecule has 2 aromatic heterocycles. The van der Waals surface area contributed by atoms with E-state index in [9.17, 15) is 4.79 Å². The number of hydrogen-bond donors (Lipinski definition) is 1. The van der Waals surface area contributed by atoms with Gasteiger partial charge in [-0.1, -0.05) is 0 Å². The first-order valence-electron chi connectivity index (χ1n) is 8.39. The molecule has 2 aromatic rings. The van der Waals surface area contributed by atoms with E-state index in [2.05, 4.69) is 41.0 Å². The van der Waals surface area contributed by atoms with Gasteiger partial charge in [0.1, 0.15) is 0 Å². The van der Waals surface area contributed by atoms with Gasteiger partial charge in [0.15, 0.2) is 0 Å². The van der Waals surface area contributed by atoms with Crippen LogP contribution in [-0.4, -0.2) is 25.5 Å². The molecule has 6 heteroatoms. The predicted molar refractivity (Wildman–Crippen MR) is 93.3 cm³/mol. The molecule has 1 unspecified atom stereocenters. The lowest BCUT2D eigenvalue weighted by Gasteiger charge is -2.28. The van der Waals surface area contributed by atoms with Crippen LogP contribution in [0.3, 0.4) is 0 Å². The number of amides is 1. The molecule has 0 saturated carbocycles. The Morgan fingerprint density at radius 2 is 2.12 bits per heavy atom. The van der Waals surface area contributed by atoms with Crippen LogP contribution < -0.4 is 5.32 Å². The highest BCUT2D eigenvalue weighted by Crippen LogP contribution is 2.32. The Morgan fingerprint density at radius 3 is 2.79 bits per heavy atom. The first-order chi connectivity index (χ1) is 11.3. The van der Waals surface area contributed by atoms with E-state index in [-0.39, 0.29) is 17.5 Å². The minimum atomic E-state index is -0.0831. The largest absolute Gasteiger partial charge is 0.346 e. The standard InChI is InChI=1S/C18H25N5O/c1-18(2,3)23-16-7-5-6-15(14(16)11-20-23)21-17(24)9-8-13-10-19-22(4)12-13/h8-12,15H,5-7H2,1-4H3,(H,21,24)/b9-8+. The summed E-state index contributed by atoms with van der Waals surface area (Å²) in [5.41, 5.74) is 3.27. The summed E-state index contributed by atoms with van der Waals surface area (Å²) in [6.07, 6.45) is 11.9. The molecule has 0 aromatic carbocycles. The Bertz CT molecular complexity index is 763. The zero-order valence-electron chi connectivity index (χ0n) is 14.8. The minimum absolute atomic E-state index is 0.0379. The van der Waals surface area contributed by atoms with E-state index < -0.39 is 0 Å². The minimum Gasteiger partial charge on any atom is -0.346 e. The van der Waals surface area contributed by atoms with E-state index in [0.717, 1.165) is 30.4 Å². The summed E-state index contributed by atoms with van der Waals surface area (Å²) in [5, 5.41) is 11.8. The van der Waals surface area contributed by atoms with Crippen molar-refractivity contribution in [2.24, 2.45) is 7.05 Å². The molecule has 128 valence electrons. The normalized spacial score (nSPS) is 17.9. The highest BCUT2D eigenvalue weighted by Gasteiger charge is 2.28. The summed E-state index contributed by atoms with van der Waals surface area (Å²) in [6, 6.07) is 0.0379. The van der Waals surface area contributed by atoms with E-state index in [1.54, 1.807) is 23.0 Å². The second kappa shape index (κ2) is 6.26. The van der Waals surface area contributed by atoms with Crippen LogP contribution in [0.2, 0.25) is 0 Å². The maximum absolute atomic E-state index is 12.3. The Kier molecular flexibility index (Phi) is 4.30. The summed E-state index contributed by atoms with van der Waals surface area (Å²) >= 11 is 0. The first-order valence-corrected chi connectivity index (χ1v) is 8.39. The van der Waals surface area contributed by atoms with Crippen molar-refractivity contribution in [3.63, 3.8) is 0 Å². The molecule has 1 aliphatic carbocycles. The number of rotatable bonds is 3. The topological polar surface area (TPSA) is 64.7 Å². The van der Waals surface area contributed by atoms with Crippen molar-refractivity contribution in [1.29, 1.82) is 0 Å². The van der Waals surface area contributed by atoms with Crippen LogP contribution >= 0.6 is 0 Å². The fourth-order valence-electron chi connectivity index (χ4n) is 3.20. The van der Waals surface area contributed by atoms with E-state index in [1.807, 2.05) is 19.4 Å². The molecule has 1 aliphatic rings. The molecule has 0 spiro atoms. The third-order valence-electron chi connectivity index (χ3n) is 4.29. The molecule has 6 nitrogen and oxygen atoms in total. The quantitative estimate of drug-likeness (QED) is 0.881. The monoisotopic (exact) mass is 327 g/mol. The summed E-state index contributed by atoms with van der Waals surface area (Å²) in [4.78, 5) is 12.3. The third kappa shape index (κ3) is 3.42. The Morgan fingerprint density at radius 1 is 1.33 bits per heavy atom. The molecular formula is C18H25N5O. The van der Waals surface area contributed by atoms with E-state index in [0.29, 0.717) is 0 Å².